The van der Waals surface area contributed by atoms with Crippen LogP contribution in [0, 0.1) is 0 Å². The van der Waals surface area contributed by atoms with Crippen LogP contribution in [0.25, 0.3) is 0 Å². The zero-order valence-corrected chi connectivity index (χ0v) is 8.97. The SMILES string of the molecule is C1=CC[C]([Re][C]2=CC=CC2)=C1. The summed E-state index contributed by atoms with van der Waals surface area (Å²) in [5.41, 5.74) is 0. The fourth-order valence-electron chi connectivity index (χ4n) is 1.14. The van der Waals surface area contributed by atoms with Gasteiger partial charge < -0.3 is 0 Å². The molecule has 2 aliphatic rings. The molecule has 0 atom stereocenters. The summed E-state index contributed by atoms with van der Waals surface area (Å²) in [6.45, 7) is 0. The molecule has 0 bridgehead atoms. The molecule has 11 heavy (non-hydrogen) atoms. The summed E-state index contributed by atoms with van der Waals surface area (Å²) < 4.78 is 3.42. The third kappa shape index (κ3) is 1.80. The van der Waals surface area contributed by atoms with E-state index in [-0.39, 0.29) is 18.0 Å². The molecule has 0 nitrogen and oxygen atoms in total. The molecule has 0 N–H and O–H groups in total. The van der Waals surface area contributed by atoms with Gasteiger partial charge in [-0.05, 0) is 0 Å². The minimum atomic E-state index is -0.160. The molecular formula is C10H10Re. The van der Waals surface area contributed by atoms with E-state index in [1.54, 1.807) is 8.09 Å². The van der Waals surface area contributed by atoms with Crippen molar-refractivity contribution >= 4 is 0 Å². The van der Waals surface area contributed by atoms with Crippen molar-refractivity contribution in [1.29, 1.82) is 0 Å². The van der Waals surface area contributed by atoms with Gasteiger partial charge in [0.05, 0.1) is 0 Å². The molecule has 0 heterocycles. The molecule has 0 amide bonds. The number of allylic oxidation sites excluding steroid dienone is 8. The van der Waals surface area contributed by atoms with Gasteiger partial charge in [-0.3, -0.25) is 0 Å². The second-order valence-corrected chi connectivity index (χ2v) is 6.75. The molecule has 0 aromatic heterocycles. The predicted molar refractivity (Wildman–Crippen MR) is 43.7 cm³/mol. The Hall–Kier alpha value is -0.378. The van der Waals surface area contributed by atoms with Crippen molar-refractivity contribution in [3.8, 4) is 0 Å². The standard InChI is InChI=1S/2C5H5.Re/c2*1-2-4-5-3-1;/h2*1-3H,4H2;. The Morgan fingerprint density at radius 2 is 1.45 bits per heavy atom. The van der Waals surface area contributed by atoms with Crippen LogP contribution >= 0.6 is 0 Å². The molecule has 0 fully saturated rings. The summed E-state index contributed by atoms with van der Waals surface area (Å²) in [5, 5.41) is 0. The molecule has 0 unspecified atom stereocenters. The maximum atomic E-state index is 2.30. The van der Waals surface area contributed by atoms with Crippen LogP contribution in [0.1, 0.15) is 12.8 Å². The van der Waals surface area contributed by atoms with Crippen molar-refractivity contribution in [2.45, 2.75) is 12.8 Å². The Balaban J connectivity index is 1.91. The van der Waals surface area contributed by atoms with Crippen molar-refractivity contribution in [1.82, 2.24) is 0 Å². The fraction of sp³-hybridized carbons (Fsp3) is 0.200. The quantitative estimate of drug-likeness (QED) is 0.735. The Labute approximate surface area is 75.5 Å². The van der Waals surface area contributed by atoms with Crippen LogP contribution in [0.4, 0.5) is 0 Å². The summed E-state index contributed by atoms with van der Waals surface area (Å²) in [4.78, 5) is 0. The molecule has 57 valence electrons. The first-order valence-corrected chi connectivity index (χ1v) is 6.53. The zero-order chi connectivity index (χ0) is 7.52. The number of rotatable bonds is 2. The monoisotopic (exact) mass is 317 g/mol. The van der Waals surface area contributed by atoms with Crippen molar-refractivity contribution in [3.05, 3.63) is 44.5 Å². The summed E-state index contributed by atoms with van der Waals surface area (Å²) in [7, 11) is 0. The van der Waals surface area contributed by atoms with E-state index in [2.05, 4.69) is 36.5 Å². The summed E-state index contributed by atoms with van der Waals surface area (Å²) in [6.07, 6.45) is 16.0. The molecule has 1 heteroatoms. The van der Waals surface area contributed by atoms with E-state index >= 15 is 0 Å². The van der Waals surface area contributed by atoms with Gasteiger partial charge in [-0.2, -0.15) is 0 Å². The Morgan fingerprint density at radius 1 is 0.909 bits per heavy atom. The van der Waals surface area contributed by atoms with Crippen LogP contribution in [0.2, 0.25) is 0 Å². The van der Waals surface area contributed by atoms with Crippen molar-refractivity contribution < 1.29 is 18.0 Å². The minimum absolute atomic E-state index is 0.160. The number of hydrogen-bond donors (Lipinski definition) is 0. The van der Waals surface area contributed by atoms with E-state index in [1.807, 2.05) is 0 Å². The van der Waals surface area contributed by atoms with E-state index in [0.717, 1.165) is 0 Å². The van der Waals surface area contributed by atoms with E-state index in [9.17, 15) is 0 Å². The van der Waals surface area contributed by atoms with Gasteiger partial charge in [0.15, 0.2) is 0 Å². The van der Waals surface area contributed by atoms with Gasteiger partial charge in [0.2, 0.25) is 0 Å². The van der Waals surface area contributed by atoms with E-state index in [0.29, 0.717) is 0 Å². The topological polar surface area (TPSA) is 0 Å². The van der Waals surface area contributed by atoms with Crippen LogP contribution in [0.15, 0.2) is 44.5 Å². The van der Waals surface area contributed by atoms with Crippen LogP contribution in [0.5, 0.6) is 0 Å². The third-order valence-corrected chi connectivity index (χ3v) is 5.45. The zero-order valence-electron chi connectivity index (χ0n) is 6.26. The predicted octanol–water partition coefficient (Wildman–Crippen LogP) is 2.76. The average molecular weight is 316 g/mol. The van der Waals surface area contributed by atoms with Crippen LogP contribution < -0.4 is 0 Å². The summed E-state index contributed by atoms with van der Waals surface area (Å²) in [6, 6.07) is 0. The van der Waals surface area contributed by atoms with Gasteiger partial charge in [0.1, 0.15) is 0 Å². The molecular weight excluding hydrogens is 306 g/mol. The molecule has 0 aromatic carbocycles. The van der Waals surface area contributed by atoms with E-state index < -0.39 is 0 Å². The summed E-state index contributed by atoms with van der Waals surface area (Å²) >= 11 is -0.160. The molecule has 2 aliphatic carbocycles. The first-order valence-electron chi connectivity index (χ1n) is 3.81. The Kier molecular flexibility index (Phi) is 2.21. The Bertz CT molecular complexity index is 239. The van der Waals surface area contributed by atoms with Crippen LogP contribution in [-0.4, -0.2) is 0 Å². The first-order chi connectivity index (χ1) is 5.45. The molecule has 2 rings (SSSR count). The van der Waals surface area contributed by atoms with Crippen molar-refractivity contribution in [2.75, 3.05) is 0 Å². The van der Waals surface area contributed by atoms with Crippen LogP contribution in [0.3, 0.4) is 0 Å². The summed E-state index contributed by atoms with van der Waals surface area (Å²) in [5.74, 6) is 0. The van der Waals surface area contributed by atoms with Gasteiger partial charge in [-0.15, -0.1) is 0 Å². The fourth-order valence-corrected chi connectivity index (χ4v) is 4.43. The van der Waals surface area contributed by atoms with Gasteiger partial charge in [0, 0.05) is 0 Å². The molecule has 0 saturated carbocycles. The molecule has 0 spiro atoms. The van der Waals surface area contributed by atoms with Gasteiger partial charge in [-0.1, -0.05) is 0 Å². The molecule has 0 aromatic rings. The second kappa shape index (κ2) is 3.35. The third-order valence-electron chi connectivity index (χ3n) is 1.69. The molecule has 0 aliphatic heterocycles. The number of hydrogen-bond acceptors (Lipinski definition) is 0. The Morgan fingerprint density at radius 3 is 1.82 bits per heavy atom. The normalized spacial score (nSPS) is 20.7. The van der Waals surface area contributed by atoms with Crippen molar-refractivity contribution in [2.24, 2.45) is 0 Å². The van der Waals surface area contributed by atoms with E-state index in [1.165, 1.54) is 12.8 Å². The first kappa shape index (κ1) is 7.28. The van der Waals surface area contributed by atoms with Crippen molar-refractivity contribution in [3.63, 3.8) is 0 Å². The molecule has 0 saturated heterocycles. The second-order valence-electron chi connectivity index (χ2n) is 2.59. The van der Waals surface area contributed by atoms with E-state index in [4.69, 9.17) is 0 Å². The van der Waals surface area contributed by atoms with Gasteiger partial charge in [0.25, 0.3) is 0 Å². The molecule has 0 radical (unpaired) electrons. The van der Waals surface area contributed by atoms with Crippen LogP contribution in [-0.2, 0) is 18.0 Å². The maximum absolute atomic E-state index is 2.30. The van der Waals surface area contributed by atoms with Gasteiger partial charge in [-0.25, -0.2) is 0 Å². The average Bonchev–Trinajstić information content (AvgIpc) is 2.60. The van der Waals surface area contributed by atoms with Gasteiger partial charge >= 0.3 is 75.4 Å².